The zero-order valence-corrected chi connectivity index (χ0v) is 15.0. The maximum atomic E-state index is 11.8. The van der Waals surface area contributed by atoms with Crippen LogP contribution in [0, 0.1) is 0 Å². The topological polar surface area (TPSA) is 91.5 Å². The molecule has 0 aliphatic carbocycles. The van der Waals surface area contributed by atoms with Crippen LogP contribution in [-0.2, 0) is 9.53 Å². The van der Waals surface area contributed by atoms with Crippen molar-refractivity contribution in [3.63, 3.8) is 0 Å². The molecule has 0 aliphatic heterocycles. The van der Waals surface area contributed by atoms with Crippen molar-refractivity contribution >= 4 is 23.3 Å². The average Bonchev–Trinajstić information content (AvgIpc) is 3.14. The number of nitrogens with zero attached hydrogens (tertiary/aromatic N) is 1. The third kappa shape index (κ3) is 5.77. The number of hydrogen-bond donors (Lipinski definition) is 2. The lowest BCUT2D eigenvalue weighted by molar-refractivity contribution is -0.124. The van der Waals surface area contributed by atoms with E-state index in [1.807, 2.05) is 37.4 Å². The van der Waals surface area contributed by atoms with Crippen LogP contribution >= 0.6 is 0 Å². The second kappa shape index (κ2) is 9.41. The largest absolute Gasteiger partial charge is 0.451 e. The van der Waals surface area contributed by atoms with E-state index in [0.717, 1.165) is 18.7 Å². The van der Waals surface area contributed by atoms with Crippen molar-refractivity contribution in [2.24, 2.45) is 0 Å². The first-order valence-corrected chi connectivity index (χ1v) is 8.36. The lowest BCUT2D eigenvalue weighted by atomic mass is 10.2. The van der Waals surface area contributed by atoms with Crippen LogP contribution in [-0.4, -0.2) is 49.4 Å². The SMILES string of the molecule is CC(=O)c1c[nH]c(C(=O)OCC(=O)NCCCN(C)c2ccccc2)c1. The predicted molar refractivity (Wildman–Crippen MR) is 98.4 cm³/mol. The van der Waals surface area contributed by atoms with Gasteiger partial charge in [0.15, 0.2) is 12.4 Å². The van der Waals surface area contributed by atoms with Gasteiger partial charge in [0, 0.05) is 37.6 Å². The minimum atomic E-state index is -0.670. The number of anilines is 1. The van der Waals surface area contributed by atoms with Crippen LogP contribution in [0.1, 0.15) is 34.2 Å². The van der Waals surface area contributed by atoms with Gasteiger partial charge in [-0.1, -0.05) is 18.2 Å². The Balaban J connectivity index is 1.64. The molecule has 0 bridgehead atoms. The molecule has 0 radical (unpaired) electrons. The summed E-state index contributed by atoms with van der Waals surface area (Å²) in [7, 11) is 1.99. The molecule has 0 aliphatic rings. The Hall–Kier alpha value is -3.09. The maximum absolute atomic E-state index is 11.8. The number of esters is 1. The number of para-hydroxylation sites is 1. The van der Waals surface area contributed by atoms with E-state index in [4.69, 9.17) is 4.74 Å². The molecule has 0 atom stereocenters. The summed E-state index contributed by atoms with van der Waals surface area (Å²) in [6, 6.07) is 11.4. The van der Waals surface area contributed by atoms with E-state index in [9.17, 15) is 14.4 Å². The second-order valence-corrected chi connectivity index (χ2v) is 5.89. The fourth-order valence-electron chi connectivity index (χ4n) is 2.33. The minimum Gasteiger partial charge on any atom is -0.451 e. The number of carbonyl (C=O) groups is 3. The van der Waals surface area contributed by atoms with E-state index in [2.05, 4.69) is 15.2 Å². The summed E-state index contributed by atoms with van der Waals surface area (Å²) >= 11 is 0. The molecule has 7 nitrogen and oxygen atoms in total. The zero-order valence-electron chi connectivity index (χ0n) is 15.0. The van der Waals surface area contributed by atoms with Crippen molar-refractivity contribution in [2.45, 2.75) is 13.3 Å². The van der Waals surface area contributed by atoms with Gasteiger partial charge in [-0.25, -0.2) is 4.79 Å². The van der Waals surface area contributed by atoms with Gasteiger partial charge in [0.1, 0.15) is 5.69 Å². The molecule has 1 heterocycles. The van der Waals surface area contributed by atoms with Crippen LogP contribution in [0.25, 0.3) is 0 Å². The summed E-state index contributed by atoms with van der Waals surface area (Å²) in [5.41, 5.74) is 1.65. The van der Waals surface area contributed by atoms with Crippen molar-refractivity contribution in [1.29, 1.82) is 0 Å². The van der Waals surface area contributed by atoms with Gasteiger partial charge in [-0.3, -0.25) is 9.59 Å². The van der Waals surface area contributed by atoms with E-state index < -0.39 is 5.97 Å². The number of ketones is 1. The van der Waals surface area contributed by atoms with Crippen LogP contribution in [0.15, 0.2) is 42.6 Å². The lowest BCUT2D eigenvalue weighted by Gasteiger charge is -2.19. The van der Waals surface area contributed by atoms with Crippen LogP contribution < -0.4 is 10.2 Å². The van der Waals surface area contributed by atoms with Crippen LogP contribution in [0.4, 0.5) is 5.69 Å². The van der Waals surface area contributed by atoms with Gasteiger partial charge in [0.05, 0.1) is 0 Å². The van der Waals surface area contributed by atoms with E-state index in [1.165, 1.54) is 19.2 Å². The summed E-state index contributed by atoms with van der Waals surface area (Å²) in [4.78, 5) is 39.5. The number of carbonyl (C=O) groups excluding carboxylic acids is 3. The fraction of sp³-hybridized carbons (Fsp3) is 0.316. The molecule has 26 heavy (non-hydrogen) atoms. The number of rotatable bonds is 9. The molecule has 2 aromatic rings. The van der Waals surface area contributed by atoms with Crippen LogP contribution in [0.2, 0.25) is 0 Å². The Morgan fingerprint density at radius 2 is 1.92 bits per heavy atom. The number of nitrogens with one attached hydrogen (secondary N) is 2. The number of Topliss-reactive ketones (excluding diaryl/α,β-unsaturated/α-hetero) is 1. The molecule has 1 aromatic carbocycles. The van der Waals surface area contributed by atoms with Crippen LogP contribution in [0.3, 0.4) is 0 Å². The molecule has 2 rings (SSSR count). The Labute approximate surface area is 152 Å². The fourth-order valence-corrected chi connectivity index (χ4v) is 2.33. The molecule has 7 heteroatoms. The molecule has 2 N–H and O–H groups in total. The number of ether oxygens (including phenoxy) is 1. The third-order valence-corrected chi connectivity index (χ3v) is 3.83. The Kier molecular flexibility index (Phi) is 6.96. The Morgan fingerprint density at radius 1 is 1.19 bits per heavy atom. The van der Waals surface area contributed by atoms with E-state index in [1.54, 1.807) is 0 Å². The van der Waals surface area contributed by atoms with Crippen molar-refractivity contribution in [1.82, 2.24) is 10.3 Å². The molecular formula is C19H23N3O4. The van der Waals surface area contributed by atoms with Crippen molar-refractivity contribution in [3.8, 4) is 0 Å². The minimum absolute atomic E-state index is 0.146. The van der Waals surface area contributed by atoms with Gasteiger partial charge >= 0.3 is 5.97 Å². The maximum Gasteiger partial charge on any atom is 0.355 e. The lowest BCUT2D eigenvalue weighted by Crippen LogP contribution is -2.31. The molecule has 0 fully saturated rings. The van der Waals surface area contributed by atoms with E-state index in [-0.39, 0.29) is 24.0 Å². The van der Waals surface area contributed by atoms with Gasteiger partial charge < -0.3 is 19.9 Å². The second-order valence-electron chi connectivity index (χ2n) is 5.89. The molecule has 0 saturated carbocycles. The smallest absolute Gasteiger partial charge is 0.355 e. The van der Waals surface area contributed by atoms with Crippen molar-refractivity contribution in [2.75, 3.05) is 31.6 Å². The highest BCUT2D eigenvalue weighted by molar-refractivity contribution is 5.97. The van der Waals surface area contributed by atoms with Gasteiger partial charge in [0.2, 0.25) is 0 Å². The quantitative estimate of drug-likeness (QED) is 0.407. The number of hydrogen-bond acceptors (Lipinski definition) is 5. The summed E-state index contributed by atoms with van der Waals surface area (Å²) in [5, 5.41) is 2.71. The van der Waals surface area contributed by atoms with E-state index in [0.29, 0.717) is 12.1 Å². The molecule has 138 valence electrons. The Bertz CT molecular complexity index is 755. The van der Waals surface area contributed by atoms with Crippen molar-refractivity contribution in [3.05, 3.63) is 53.9 Å². The van der Waals surface area contributed by atoms with E-state index >= 15 is 0 Å². The molecule has 0 unspecified atom stereocenters. The molecule has 1 aromatic heterocycles. The van der Waals surface area contributed by atoms with Gasteiger partial charge in [-0.2, -0.15) is 0 Å². The van der Waals surface area contributed by atoms with Crippen LogP contribution in [0.5, 0.6) is 0 Å². The summed E-state index contributed by atoms with van der Waals surface area (Å²) in [6.45, 7) is 2.33. The highest BCUT2D eigenvalue weighted by Gasteiger charge is 2.13. The van der Waals surface area contributed by atoms with Gasteiger partial charge in [-0.05, 0) is 31.5 Å². The first-order chi connectivity index (χ1) is 12.5. The zero-order chi connectivity index (χ0) is 18.9. The highest BCUT2D eigenvalue weighted by Crippen LogP contribution is 2.10. The summed E-state index contributed by atoms with van der Waals surface area (Å²) < 4.78 is 4.93. The molecule has 1 amide bonds. The monoisotopic (exact) mass is 357 g/mol. The van der Waals surface area contributed by atoms with Gasteiger partial charge in [0.25, 0.3) is 5.91 Å². The third-order valence-electron chi connectivity index (χ3n) is 3.83. The number of aromatic nitrogens is 1. The molecule has 0 spiro atoms. The number of aromatic amines is 1. The average molecular weight is 357 g/mol. The number of benzene rings is 1. The van der Waals surface area contributed by atoms with Crippen molar-refractivity contribution < 1.29 is 19.1 Å². The highest BCUT2D eigenvalue weighted by atomic mass is 16.5. The normalized spacial score (nSPS) is 10.2. The summed E-state index contributed by atoms with van der Waals surface area (Å²) in [6.07, 6.45) is 2.20. The number of H-pyrrole nitrogens is 1. The first kappa shape index (κ1) is 19.2. The molecular weight excluding hydrogens is 334 g/mol. The number of amides is 1. The first-order valence-electron chi connectivity index (χ1n) is 8.36. The van der Waals surface area contributed by atoms with Gasteiger partial charge in [-0.15, -0.1) is 0 Å². The Morgan fingerprint density at radius 3 is 2.58 bits per heavy atom. The molecule has 0 saturated heterocycles. The standard InChI is InChI=1S/C19H23N3O4/c1-14(23)15-11-17(21-12-15)19(25)26-13-18(24)20-9-6-10-22(2)16-7-4-3-5-8-16/h3-5,7-8,11-12,21H,6,9-10,13H2,1-2H3,(H,20,24). The summed E-state index contributed by atoms with van der Waals surface area (Å²) in [5.74, 6) is -1.19. The predicted octanol–water partition coefficient (Wildman–Crippen LogP) is 2.02.